The minimum atomic E-state index is -0.0660. The summed E-state index contributed by atoms with van der Waals surface area (Å²) in [5, 5.41) is 7.66. The Bertz CT molecular complexity index is 1030. The number of hydrogen-bond acceptors (Lipinski definition) is 3. The average Bonchev–Trinajstić information content (AvgIpc) is 3.03. The maximum Gasteiger partial charge on any atom is 0.221 e. The average molecular weight is 349 g/mol. The number of aromatic nitrogens is 4. The molecule has 134 valence electrons. The van der Waals surface area contributed by atoms with Crippen molar-refractivity contribution in [3.05, 3.63) is 64.9 Å². The van der Waals surface area contributed by atoms with Gasteiger partial charge in [0.15, 0.2) is 0 Å². The SMILES string of the molecule is C=CCn1nc(C)c(C2CC(=O)NCc3nc4cc(C)ccn4c32)c1C. The fourth-order valence-corrected chi connectivity index (χ4v) is 4.00. The first-order chi connectivity index (χ1) is 12.5. The second-order valence-electron chi connectivity index (χ2n) is 6.96. The molecule has 0 fully saturated rings. The van der Waals surface area contributed by atoms with Gasteiger partial charge in [0.1, 0.15) is 5.65 Å². The number of fused-ring (bicyclic) bond motifs is 3. The predicted octanol–water partition coefficient (Wildman–Crippen LogP) is 2.79. The summed E-state index contributed by atoms with van der Waals surface area (Å²) < 4.78 is 4.07. The zero-order chi connectivity index (χ0) is 18.4. The lowest BCUT2D eigenvalue weighted by Crippen LogP contribution is -2.21. The molecule has 0 saturated heterocycles. The van der Waals surface area contributed by atoms with Crippen molar-refractivity contribution in [2.24, 2.45) is 0 Å². The number of aryl methyl sites for hydroxylation is 2. The molecule has 0 saturated carbocycles. The first kappa shape index (κ1) is 16.6. The number of imidazole rings is 1. The number of nitrogens with zero attached hydrogens (tertiary/aromatic N) is 4. The summed E-state index contributed by atoms with van der Waals surface area (Å²) >= 11 is 0. The number of carbonyl (C=O) groups excluding carboxylic acids is 1. The van der Waals surface area contributed by atoms with Crippen LogP contribution >= 0.6 is 0 Å². The molecule has 1 atom stereocenters. The molecule has 3 aromatic heterocycles. The third-order valence-electron chi connectivity index (χ3n) is 5.16. The maximum absolute atomic E-state index is 12.4. The van der Waals surface area contributed by atoms with Gasteiger partial charge in [0.25, 0.3) is 0 Å². The van der Waals surface area contributed by atoms with Crippen LogP contribution in [0.15, 0.2) is 31.0 Å². The van der Waals surface area contributed by atoms with Gasteiger partial charge in [-0.15, -0.1) is 6.58 Å². The summed E-state index contributed by atoms with van der Waals surface area (Å²) in [6.45, 7) is 11.1. The van der Waals surface area contributed by atoms with Crippen molar-refractivity contribution in [1.82, 2.24) is 24.5 Å². The highest BCUT2D eigenvalue weighted by molar-refractivity contribution is 5.78. The van der Waals surface area contributed by atoms with E-state index in [1.165, 1.54) is 5.56 Å². The van der Waals surface area contributed by atoms with E-state index in [4.69, 9.17) is 4.98 Å². The molecule has 3 aromatic rings. The second-order valence-corrected chi connectivity index (χ2v) is 6.96. The van der Waals surface area contributed by atoms with Crippen LogP contribution in [0.1, 0.15) is 46.2 Å². The highest BCUT2D eigenvalue weighted by Crippen LogP contribution is 2.36. The molecular formula is C20H23N5O. The molecule has 1 amide bonds. The van der Waals surface area contributed by atoms with E-state index in [1.807, 2.05) is 17.7 Å². The second kappa shape index (κ2) is 6.12. The van der Waals surface area contributed by atoms with Gasteiger partial charge in [-0.3, -0.25) is 9.48 Å². The number of carbonyl (C=O) groups is 1. The Morgan fingerprint density at radius 2 is 2.19 bits per heavy atom. The molecule has 6 heteroatoms. The van der Waals surface area contributed by atoms with Gasteiger partial charge < -0.3 is 9.72 Å². The molecular weight excluding hydrogens is 326 g/mol. The van der Waals surface area contributed by atoms with E-state index in [-0.39, 0.29) is 11.8 Å². The molecule has 0 aliphatic carbocycles. The van der Waals surface area contributed by atoms with E-state index in [9.17, 15) is 4.79 Å². The van der Waals surface area contributed by atoms with Crippen LogP contribution in [0.4, 0.5) is 0 Å². The van der Waals surface area contributed by atoms with Crippen LogP contribution in [0.5, 0.6) is 0 Å². The van der Waals surface area contributed by atoms with E-state index >= 15 is 0 Å². The number of amides is 1. The summed E-state index contributed by atoms with van der Waals surface area (Å²) in [5.74, 6) is -0.0205. The maximum atomic E-state index is 12.4. The van der Waals surface area contributed by atoms with Crippen molar-refractivity contribution < 1.29 is 4.79 Å². The lowest BCUT2D eigenvalue weighted by molar-refractivity contribution is -0.121. The van der Waals surface area contributed by atoms with Gasteiger partial charge in [-0.25, -0.2) is 4.98 Å². The third kappa shape index (κ3) is 2.53. The van der Waals surface area contributed by atoms with E-state index in [2.05, 4.69) is 53.6 Å². The van der Waals surface area contributed by atoms with Crippen LogP contribution in [0, 0.1) is 20.8 Å². The smallest absolute Gasteiger partial charge is 0.221 e. The molecule has 4 rings (SSSR count). The summed E-state index contributed by atoms with van der Waals surface area (Å²) in [5.41, 5.74) is 7.26. The molecule has 1 unspecified atom stereocenters. The normalized spacial score (nSPS) is 17.0. The summed E-state index contributed by atoms with van der Waals surface area (Å²) in [6, 6.07) is 4.15. The van der Waals surface area contributed by atoms with Gasteiger partial charge in [-0.1, -0.05) is 6.08 Å². The van der Waals surface area contributed by atoms with Crippen LogP contribution in [0.2, 0.25) is 0 Å². The van der Waals surface area contributed by atoms with Gasteiger partial charge in [-0.2, -0.15) is 5.10 Å². The Morgan fingerprint density at radius 3 is 2.96 bits per heavy atom. The van der Waals surface area contributed by atoms with Crippen molar-refractivity contribution in [1.29, 1.82) is 0 Å². The van der Waals surface area contributed by atoms with Crippen LogP contribution in [0.25, 0.3) is 5.65 Å². The predicted molar refractivity (Wildman–Crippen MR) is 100 cm³/mol. The van der Waals surface area contributed by atoms with Gasteiger partial charge >= 0.3 is 0 Å². The first-order valence-electron chi connectivity index (χ1n) is 8.88. The number of pyridine rings is 1. The van der Waals surface area contributed by atoms with E-state index in [1.54, 1.807) is 0 Å². The molecule has 6 nitrogen and oxygen atoms in total. The summed E-state index contributed by atoms with van der Waals surface area (Å²) in [6.07, 6.45) is 4.29. The van der Waals surface area contributed by atoms with Crippen molar-refractivity contribution in [2.45, 2.75) is 46.2 Å². The van der Waals surface area contributed by atoms with E-state index < -0.39 is 0 Å². The Kier molecular flexibility index (Phi) is 3.90. The molecule has 1 aliphatic heterocycles. The van der Waals surface area contributed by atoms with Crippen LogP contribution in [-0.2, 0) is 17.9 Å². The Morgan fingerprint density at radius 1 is 1.38 bits per heavy atom. The van der Waals surface area contributed by atoms with Crippen molar-refractivity contribution in [3.63, 3.8) is 0 Å². The highest BCUT2D eigenvalue weighted by Gasteiger charge is 2.32. The number of rotatable bonds is 3. The molecule has 4 heterocycles. The van der Waals surface area contributed by atoms with Crippen molar-refractivity contribution in [2.75, 3.05) is 0 Å². The minimum Gasteiger partial charge on any atom is -0.350 e. The Hall–Kier alpha value is -2.89. The van der Waals surface area contributed by atoms with Gasteiger partial charge in [-0.05, 0) is 38.5 Å². The van der Waals surface area contributed by atoms with Crippen LogP contribution in [0.3, 0.4) is 0 Å². The largest absolute Gasteiger partial charge is 0.350 e. The number of nitrogens with one attached hydrogen (secondary N) is 1. The van der Waals surface area contributed by atoms with Gasteiger partial charge in [0.2, 0.25) is 5.91 Å². The monoisotopic (exact) mass is 349 g/mol. The summed E-state index contributed by atoms with van der Waals surface area (Å²) in [7, 11) is 0. The van der Waals surface area contributed by atoms with Crippen LogP contribution in [-0.4, -0.2) is 25.1 Å². The van der Waals surface area contributed by atoms with Crippen molar-refractivity contribution >= 4 is 11.6 Å². The van der Waals surface area contributed by atoms with E-state index in [0.717, 1.165) is 34.0 Å². The van der Waals surface area contributed by atoms with Gasteiger partial charge in [0.05, 0.1) is 30.2 Å². The topological polar surface area (TPSA) is 64.2 Å². The molecule has 1 N–H and O–H groups in total. The molecule has 26 heavy (non-hydrogen) atoms. The number of hydrogen-bond donors (Lipinski definition) is 1. The standard InChI is InChI=1S/C20H23N5O/c1-5-7-25-14(4)19(13(3)23-25)15-10-18(26)21-11-16-20(15)24-8-6-12(2)9-17(24)22-16/h5-6,8-9,15H,1,7,10-11H2,2-4H3,(H,21,26). The molecule has 0 spiro atoms. The zero-order valence-corrected chi connectivity index (χ0v) is 15.4. The van der Waals surface area contributed by atoms with Crippen LogP contribution < -0.4 is 5.32 Å². The lowest BCUT2D eigenvalue weighted by atomic mass is 9.90. The Labute approximate surface area is 152 Å². The molecule has 0 radical (unpaired) electrons. The fraction of sp³-hybridized carbons (Fsp3) is 0.350. The number of allylic oxidation sites excluding steroid dienone is 1. The first-order valence-corrected chi connectivity index (χ1v) is 8.88. The molecule has 0 aromatic carbocycles. The third-order valence-corrected chi connectivity index (χ3v) is 5.16. The molecule has 1 aliphatic rings. The van der Waals surface area contributed by atoms with E-state index in [0.29, 0.717) is 19.5 Å². The van der Waals surface area contributed by atoms with Crippen molar-refractivity contribution in [3.8, 4) is 0 Å². The highest BCUT2D eigenvalue weighted by atomic mass is 16.1. The molecule has 0 bridgehead atoms. The zero-order valence-electron chi connectivity index (χ0n) is 15.4. The van der Waals surface area contributed by atoms with Gasteiger partial charge in [0, 0.05) is 29.8 Å². The fourth-order valence-electron chi connectivity index (χ4n) is 4.00. The lowest BCUT2D eigenvalue weighted by Gasteiger charge is -2.16. The summed E-state index contributed by atoms with van der Waals surface area (Å²) in [4.78, 5) is 17.2. The minimum absolute atomic E-state index is 0.0455. The Balaban J connectivity index is 1.96. The quantitative estimate of drug-likeness (QED) is 0.740.